The highest BCUT2D eigenvalue weighted by atomic mass is 35.5. The molecular formula is C16H23ClN2O2. The van der Waals surface area contributed by atoms with Gasteiger partial charge in [0.15, 0.2) is 0 Å². The molecule has 1 fully saturated rings. The maximum Gasteiger partial charge on any atom is 0.222 e. The summed E-state index contributed by atoms with van der Waals surface area (Å²) in [5.41, 5.74) is 1.06. The standard InChI is InChI=1S/C16H23ClN2O2/c1-12(14-11-13(17)6-7-15(14)21-2)18-8-4-10-19-9-3-5-16(19)20/h6-7,11-12,18H,3-5,8-10H2,1-2H3/t12-/m1/s1. The van der Waals surface area contributed by atoms with Crippen LogP contribution in [0.5, 0.6) is 5.75 Å². The van der Waals surface area contributed by atoms with E-state index in [1.807, 2.05) is 23.1 Å². The highest BCUT2D eigenvalue weighted by Gasteiger charge is 2.19. The number of amides is 1. The Kier molecular flexibility index (Phi) is 5.88. The van der Waals surface area contributed by atoms with E-state index >= 15 is 0 Å². The van der Waals surface area contributed by atoms with Crippen molar-refractivity contribution in [2.45, 2.75) is 32.2 Å². The van der Waals surface area contributed by atoms with Crippen molar-refractivity contribution in [3.8, 4) is 5.75 Å². The molecule has 0 saturated carbocycles. The van der Waals surface area contributed by atoms with Gasteiger partial charge in [-0.15, -0.1) is 0 Å². The number of nitrogens with one attached hydrogen (secondary N) is 1. The lowest BCUT2D eigenvalue weighted by Crippen LogP contribution is -2.29. The van der Waals surface area contributed by atoms with E-state index in [1.165, 1.54) is 0 Å². The Morgan fingerprint density at radius 2 is 2.29 bits per heavy atom. The van der Waals surface area contributed by atoms with Crippen LogP contribution in [0, 0.1) is 0 Å². The highest BCUT2D eigenvalue weighted by Crippen LogP contribution is 2.28. The Morgan fingerprint density at radius 1 is 1.48 bits per heavy atom. The molecule has 1 saturated heterocycles. The molecule has 4 nitrogen and oxygen atoms in total. The third kappa shape index (κ3) is 4.35. The molecule has 1 amide bonds. The second kappa shape index (κ2) is 7.66. The van der Waals surface area contributed by atoms with Crippen molar-refractivity contribution in [2.75, 3.05) is 26.7 Å². The highest BCUT2D eigenvalue weighted by molar-refractivity contribution is 6.30. The van der Waals surface area contributed by atoms with Gasteiger partial charge >= 0.3 is 0 Å². The third-order valence-corrected chi connectivity index (χ3v) is 4.12. The van der Waals surface area contributed by atoms with Crippen molar-refractivity contribution in [2.24, 2.45) is 0 Å². The first-order valence-electron chi connectivity index (χ1n) is 7.46. The van der Waals surface area contributed by atoms with Gasteiger partial charge in [-0.1, -0.05) is 11.6 Å². The van der Waals surface area contributed by atoms with E-state index in [9.17, 15) is 4.79 Å². The second-order valence-corrected chi connectivity index (χ2v) is 5.84. The molecule has 1 heterocycles. The fourth-order valence-electron chi connectivity index (χ4n) is 2.68. The first-order valence-corrected chi connectivity index (χ1v) is 7.84. The first kappa shape index (κ1) is 16.1. The number of nitrogens with zero attached hydrogens (tertiary/aromatic N) is 1. The minimum absolute atomic E-state index is 0.160. The van der Waals surface area contributed by atoms with Crippen LogP contribution in [0.2, 0.25) is 5.02 Å². The van der Waals surface area contributed by atoms with Crippen LogP contribution in [0.3, 0.4) is 0 Å². The third-order valence-electron chi connectivity index (χ3n) is 3.88. The summed E-state index contributed by atoms with van der Waals surface area (Å²) in [4.78, 5) is 13.5. The van der Waals surface area contributed by atoms with Crippen LogP contribution in [0.4, 0.5) is 0 Å². The van der Waals surface area contributed by atoms with Crippen LogP contribution in [-0.2, 0) is 4.79 Å². The molecule has 116 valence electrons. The molecule has 1 aromatic rings. The average Bonchev–Trinajstić information content (AvgIpc) is 2.88. The van der Waals surface area contributed by atoms with Crippen molar-refractivity contribution in [3.05, 3.63) is 28.8 Å². The summed E-state index contributed by atoms with van der Waals surface area (Å²) in [5, 5.41) is 4.17. The molecule has 0 spiro atoms. The maximum atomic E-state index is 11.5. The molecule has 0 bridgehead atoms. The fraction of sp³-hybridized carbons (Fsp3) is 0.562. The van der Waals surface area contributed by atoms with Gasteiger partial charge in [0.05, 0.1) is 7.11 Å². The number of hydrogen-bond donors (Lipinski definition) is 1. The average molecular weight is 311 g/mol. The number of likely N-dealkylation sites (tertiary alicyclic amines) is 1. The van der Waals surface area contributed by atoms with Gasteiger partial charge < -0.3 is 15.0 Å². The maximum absolute atomic E-state index is 11.5. The quantitative estimate of drug-likeness (QED) is 0.787. The number of rotatable bonds is 7. The van der Waals surface area contributed by atoms with E-state index in [0.29, 0.717) is 17.4 Å². The SMILES string of the molecule is COc1ccc(Cl)cc1[C@@H](C)NCCCN1CCCC1=O. The molecule has 1 atom stereocenters. The molecule has 1 N–H and O–H groups in total. The zero-order valence-corrected chi connectivity index (χ0v) is 13.4. The van der Waals surface area contributed by atoms with Crippen molar-refractivity contribution in [1.29, 1.82) is 0 Å². The van der Waals surface area contributed by atoms with E-state index in [-0.39, 0.29) is 6.04 Å². The largest absolute Gasteiger partial charge is 0.496 e. The summed E-state index contributed by atoms with van der Waals surface area (Å²) in [6, 6.07) is 5.81. The predicted molar refractivity (Wildman–Crippen MR) is 84.9 cm³/mol. The molecular weight excluding hydrogens is 288 g/mol. The number of halogens is 1. The molecule has 1 aromatic carbocycles. The zero-order valence-electron chi connectivity index (χ0n) is 12.7. The molecule has 1 aliphatic rings. The van der Waals surface area contributed by atoms with Crippen molar-refractivity contribution in [1.82, 2.24) is 10.2 Å². The minimum atomic E-state index is 0.160. The topological polar surface area (TPSA) is 41.6 Å². The van der Waals surface area contributed by atoms with Crippen LogP contribution in [0.15, 0.2) is 18.2 Å². The Morgan fingerprint density at radius 3 is 2.95 bits per heavy atom. The fourth-order valence-corrected chi connectivity index (χ4v) is 2.86. The number of methoxy groups -OCH3 is 1. The van der Waals surface area contributed by atoms with Crippen molar-refractivity contribution in [3.63, 3.8) is 0 Å². The van der Waals surface area contributed by atoms with E-state index in [0.717, 1.165) is 43.8 Å². The molecule has 2 rings (SSSR count). The summed E-state index contributed by atoms with van der Waals surface area (Å²) < 4.78 is 5.37. The Balaban J connectivity index is 1.80. The summed E-state index contributed by atoms with van der Waals surface area (Å²) in [6.45, 7) is 4.71. The van der Waals surface area contributed by atoms with Crippen molar-refractivity contribution >= 4 is 17.5 Å². The normalized spacial score (nSPS) is 16.3. The predicted octanol–water partition coefficient (Wildman–Crippen LogP) is 3.01. The van der Waals surface area contributed by atoms with Crippen LogP contribution < -0.4 is 10.1 Å². The lowest BCUT2D eigenvalue weighted by molar-refractivity contribution is -0.127. The summed E-state index contributed by atoms with van der Waals surface area (Å²) in [7, 11) is 1.67. The number of carbonyl (C=O) groups excluding carboxylic acids is 1. The number of benzene rings is 1. The number of carbonyl (C=O) groups is 1. The molecule has 0 radical (unpaired) electrons. The van der Waals surface area contributed by atoms with Gasteiger partial charge in [0, 0.05) is 36.1 Å². The van der Waals surface area contributed by atoms with Gasteiger partial charge in [0.2, 0.25) is 5.91 Å². The van der Waals surface area contributed by atoms with Crippen LogP contribution >= 0.6 is 11.6 Å². The Labute approximate surface area is 131 Å². The van der Waals surface area contributed by atoms with Gasteiger partial charge in [0.1, 0.15) is 5.75 Å². The lowest BCUT2D eigenvalue weighted by Gasteiger charge is -2.19. The van der Waals surface area contributed by atoms with Crippen molar-refractivity contribution < 1.29 is 9.53 Å². The molecule has 21 heavy (non-hydrogen) atoms. The minimum Gasteiger partial charge on any atom is -0.496 e. The summed E-state index contributed by atoms with van der Waals surface area (Å²) in [6.07, 6.45) is 2.67. The van der Waals surface area contributed by atoms with Gasteiger partial charge in [-0.25, -0.2) is 0 Å². The summed E-state index contributed by atoms with van der Waals surface area (Å²) >= 11 is 6.05. The summed E-state index contributed by atoms with van der Waals surface area (Å²) in [5.74, 6) is 1.13. The van der Waals surface area contributed by atoms with Gasteiger partial charge in [-0.2, -0.15) is 0 Å². The Hall–Kier alpha value is -1.26. The lowest BCUT2D eigenvalue weighted by atomic mass is 10.1. The second-order valence-electron chi connectivity index (χ2n) is 5.40. The first-order chi connectivity index (χ1) is 10.1. The molecule has 1 aliphatic heterocycles. The monoisotopic (exact) mass is 310 g/mol. The van der Waals surface area contributed by atoms with E-state index in [1.54, 1.807) is 7.11 Å². The zero-order chi connectivity index (χ0) is 15.2. The van der Waals surface area contributed by atoms with Crippen LogP contribution in [0.25, 0.3) is 0 Å². The van der Waals surface area contributed by atoms with E-state index < -0.39 is 0 Å². The smallest absolute Gasteiger partial charge is 0.222 e. The Bertz CT molecular complexity index is 493. The molecule has 0 unspecified atom stereocenters. The molecule has 0 aliphatic carbocycles. The number of hydrogen-bond acceptors (Lipinski definition) is 3. The van der Waals surface area contributed by atoms with Gasteiger partial charge in [-0.05, 0) is 44.5 Å². The number of ether oxygens (including phenoxy) is 1. The van der Waals surface area contributed by atoms with E-state index in [2.05, 4.69) is 12.2 Å². The molecule has 5 heteroatoms. The van der Waals surface area contributed by atoms with Gasteiger partial charge in [0.25, 0.3) is 0 Å². The van der Waals surface area contributed by atoms with Crippen LogP contribution in [0.1, 0.15) is 37.8 Å². The van der Waals surface area contributed by atoms with E-state index in [4.69, 9.17) is 16.3 Å². The molecule has 0 aromatic heterocycles. The van der Waals surface area contributed by atoms with Gasteiger partial charge in [-0.3, -0.25) is 4.79 Å². The van der Waals surface area contributed by atoms with Crippen LogP contribution in [-0.4, -0.2) is 37.6 Å².